The molecule has 0 saturated heterocycles. The number of thioether (sulfide) groups is 1. The molecule has 15 heavy (non-hydrogen) atoms. The summed E-state index contributed by atoms with van der Waals surface area (Å²) in [5.41, 5.74) is 0. The average molecular weight is 247 g/mol. The van der Waals surface area contributed by atoms with Crippen LogP contribution in [0, 0.1) is 0 Å². The Hall–Kier alpha value is -0.870. The second-order valence-corrected chi connectivity index (χ2v) is 4.41. The van der Waals surface area contributed by atoms with Gasteiger partial charge >= 0.3 is 5.97 Å². The van der Waals surface area contributed by atoms with E-state index in [4.69, 9.17) is 21.4 Å². The zero-order chi connectivity index (χ0) is 11.3. The van der Waals surface area contributed by atoms with E-state index in [1.807, 2.05) is 24.3 Å². The summed E-state index contributed by atoms with van der Waals surface area (Å²) >= 11 is 6.99. The number of hydrogen-bond donors (Lipinski definition) is 1. The second kappa shape index (κ2) is 5.88. The summed E-state index contributed by atoms with van der Waals surface area (Å²) in [6.45, 7) is 0. The first-order chi connectivity index (χ1) is 7.13. The van der Waals surface area contributed by atoms with Gasteiger partial charge in [-0.2, -0.15) is 0 Å². The lowest BCUT2D eigenvalue weighted by molar-refractivity contribution is -0.136. The number of carbonyl (C=O) groups is 1. The zero-order valence-electron chi connectivity index (χ0n) is 8.14. The van der Waals surface area contributed by atoms with Crippen molar-refractivity contribution >= 4 is 29.3 Å². The molecule has 1 atom stereocenters. The molecule has 0 bridgehead atoms. The number of carboxylic acid groups (broad SMARTS) is 1. The van der Waals surface area contributed by atoms with Crippen LogP contribution in [0.5, 0.6) is 5.75 Å². The van der Waals surface area contributed by atoms with Gasteiger partial charge in [0.1, 0.15) is 11.1 Å². The third-order valence-corrected chi connectivity index (χ3v) is 3.35. The molecule has 0 aliphatic rings. The van der Waals surface area contributed by atoms with Crippen molar-refractivity contribution in [1.29, 1.82) is 0 Å². The summed E-state index contributed by atoms with van der Waals surface area (Å²) in [6, 6.07) is 7.39. The van der Waals surface area contributed by atoms with Gasteiger partial charge in [0, 0.05) is 10.6 Å². The fourth-order valence-electron chi connectivity index (χ4n) is 0.913. The number of methoxy groups -OCH3 is 1. The molecule has 0 aromatic heterocycles. The third kappa shape index (κ3) is 4.01. The van der Waals surface area contributed by atoms with E-state index in [9.17, 15) is 4.79 Å². The molecule has 0 aliphatic heterocycles. The molecule has 0 fully saturated rings. The predicted octanol–water partition coefficient (Wildman–Crippen LogP) is 2.48. The molecule has 1 N–H and O–H groups in total. The highest BCUT2D eigenvalue weighted by molar-refractivity contribution is 7.99. The Morgan fingerprint density at radius 3 is 2.60 bits per heavy atom. The summed E-state index contributed by atoms with van der Waals surface area (Å²) in [5.74, 6) is 0.140. The lowest BCUT2D eigenvalue weighted by atomic mass is 10.3. The van der Waals surface area contributed by atoms with Crippen LogP contribution in [0.2, 0.25) is 0 Å². The lowest BCUT2D eigenvalue weighted by Gasteiger charge is -2.05. The van der Waals surface area contributed by atoms with Crippen molar-refractivity contribution in [1.82, 2.24) is 0 Å². The van der Waals surface area contributed by atoms with E-state index in [0.29, 0.717) is 5.75 Å². The number of carboxylic acids is 1. The maximum atomic E-state index is 10.5. The minimum atomic E-state index is -0.988. The molecular formula is C10H11ClO3S. The maximum absolute atomic E-state index is 10.5. The Morgan fingerprint density at radius 1 is 1.53 bits per heavy atom. The van der Waals surface area contributed by atoms with Gasteiger partial charge in [-0.15, -0.1) is 23.4 Å². The van der Waals surface area contributed by atoms with Crippen molar-refractivity contribution in [3.63, 3.8) is 0 Å². The molecule has 5 heteroatoms. The van der Waals surface area contributed by atoms with Crippen molar-refractivity contribution in [2.24, 2.45) is 0 Å². The molecule has 3 nitrogen and oxygen atoms in total. The van der Waals surface area contributed by atoms with Gasteiger partial charge in [-0.25, -0.2) is 0 Å². The van der Waals surface area contributed by atoms with Crippen molar-refractivity contribution in [2.75, 3.05) is 12.9 Å². The highest BCUT2D eigenvalue weighted by atomic mass is 35.5. The predicted molar refractivity (Wildman–Crippen MR) is 61.0 cm³/mol. The number of rotatable bonds is 5. The van der Waals surface area contributed by atoms with Crippen LogP contribution < -0.4 is 4.74 Å². The van der Waals surface area contributed by atoms with Crippen molar-refractivity contribution in [3.05, 3.63) is 24.3 Å². The van der Waals surface area contributed by atoms with E-state index in [1.54, 1.807) is 7.11 Å². The summed E-state index contributed by atoms with van der Waals surface area (Å²) in [7, 11) is 1.60. The summed E-state index contributed by atoms with van der Waals surface area (Å²) in [6.07, 6.45) is 0. The van der Waals surface area contributed by atoms with Crippen LogP contribution in [0.15, 0.2) is 29.2 Å². The Morgan fingerprint density at radius 2 is 2.13 bits per heavy atom. The number of benzene rings is 1. The Labute approximate surface area is 97.4 Å². The highest BCUT2D eigenvalue weighted by Crippen LogP contribution is 2.22. The topological polar surface area (TPSA) is 46.5 Å². The molecular weight excluding hydrogens is 236 g/mol. The van der Waals surface area contributed by atoms with Gasteiger partial charge in [0.25, 0.3) is 0 Å². The van der Waals surface area contributed by atoms with Gasteiger partial charge in [0.15, 0.2) is 0 Å². The minimum absolute atomic E-state index is 0.350. The van der Waals surface area contributed by atoms with Gasteiger partial charge in [0.2, 0.25) is 0 Å². The highest BCUT2D eigenvalue weighted by Gasteiger charge is 2.13. The molecule has 1 unspecified atom stereocenters. The lowest BCUT2D eigenvalue weighted by Crippen LogP contribution is -2.15. The van der Waals surface area contributed by atoms with Crippen molar-refractivity contribution < 1.29 is 14.6 Å². The van der Waals surface area contributed by atoms with E-state index in [0.717, 1.165) is 10.6 Å². The molecule has 0 aliphatic carbocycles. The van der Waals surface area contributed by atoms with E-state index >= 15 is 0 Å². The molecule has 1 aromatic carbocycles. The van der Waals surface area contributed by atoms with Crippen LogP contribution in [-0.2, 0) is 4.79 Å². The standard InChI is InChI=1S/C10H11ClO3S/c1-14-7-2-4-8(5-3-7)15-6-9(11)10(12)13/h2-5,9H,6H2,1H3,(H,12,13). The third-order valence-electron chi connectivity index (χ3n) is 1.72. The number of aliphatic carboxylic acids is 1. The van der Waals surface area contributed by atoms with Crippen LogP contribution in [0.4, 0.5) is 0 Å². The maximum Gasteiger partial charge on any atom is 0.322 e. The zero-order valence-corrected chi connectivity index (χ0v) is 9.72. The van der Waals surface area contributed by atoms with Gasteiger partial charge in [-0.3, -0.25) is 4.79 Å². The van der Waals surface area contributed by atoms with Crippen LogP contribution in [-0.4, -0.2) is 29.3 Å². The first-order valence-electron chi connectivity index (χ1n) is 4.27. The van der Waals surface area contributed by atoms with Gasteiger partial charge in [0.05, 0.1) is 7.11 Å². The Bertz CT molecular complexity index is 326. The normalized spacial score (nSPS) is 12.1. The van der Waals surface area contributed by atoms with Crippen molar-refractivity contribution in [3.8, 4) is 5.75 Å². The van der Waals surface area contributed by atoms with Crippen LogP contribution in [0.25, 0.3) is 0 Å². The van der Waals surface area contributed by atoms with Crippen molar-refractivity contribution in [2.45, 2.75) is 10.3 Å². The summed E-state index contributed by atoms with van der Waals surface area (Å²) in [4.78, 5) is 11.4. The molecule has 0 spiro atoms. The van der Waals surface area contributed by atoms with Gasteiger partial charge < -0.3 is 9.84 Å². The Balaban J connectivity index is 2.47. The van der Waals surface area contributed by atoms with E-state index in [-0.39, 0.29) is 0 Å². The molecule has 0 amide bonds. The number of alkyl halides is 1. The minimum Gasteiger partial charge on any atom is -0.497 e. The number of ether oxygens (including phenoxy) is 1. The second-order valence-electron chi connectivity index (χ2n) is 2.79. The first-order valence-corrected chi connectivity index (χ1v) is 5.69. The number of hydrogen-bond acceptors (Lipinski definition) is 3. The molecule has 0 saturated carbocycles. The Kier molecular flexibility index (Phi) is 4.78. The average Bonchev–Trinajstić information content (AvgIpc) is 2.26. The number of halogens is 1. The monoisotopic (exact) mass is 246 g/mol. The molecule has 1 aromatic rings. The fourth-order valence-corrected chi connectivity index (χ4v) is 1.91. The van der Waals surface area contributed by atoms with Gasteiger partial charge in [-0.1, -0.05) is 0 Å². The molecule has 0 heterocycles. The largest absolute Gasteiger partial charge is 0.497 e. The van der Waals surface area contributed by atoms with Gasteiger partial charge in [-0.05, 0) is 24.3 Å². The first kappa shape index (κ1) is 12.2. The van der Waals surface area contributed by atoms with E-state index in [1.165, 1.54) is 11.8 Å². The molecule has 0 radical (unpaired) electrons. The van der Waals surface area contributed by atoms with E-state index in [2.05, 4.69) is 0 Å². The smallest absolute Gasteiger partial charge is 0.322 e. The van der Waals surface area contributed by atoms with Crippen LogP contribution >= 0.6 is 23.4 Å². The van der Waals surface area contributed by atoms with Crippen LogP contribution in [0.3, 0.4) is 0 Å². The molecule has 82 valence electrons. The fraction of sp³-hybridized carbons (Fsp3) is 0.300. The SMILES string of the molecule is COc1ccc(SCC(Cl)C(=O)O)cc1. The quantitative estimate of drug-likeness (QED) is 0.641. The summed E-state index contributed by atoms with van der Waals surface area (Å²) < 4.78 is 5.00. The molecule has 1 rings (SSSR count). The van der Waals surface area contributed by atoms with E-state index < -0.39 is 11.3 Å². The van der Waals surface area contributed by atoms with Crippen LogP contribution in [0.1, 0.15) is 0 Å². The summed E-state index contributed by atoms with van der Waals surface area (Å²) in [5, 5.41) is 7.73.